The zero-order valence-electron chi connectivity index (χ0n) is 8.89. The molecular weight excluding hydrogens is 214 g/mol. The summed E-state index contributed by atoms with van der Waals surface area (Å²) in [7, 11) is 0. The van der Waals surface area contributed by atoms with Crippen LogP contribution in [0.5, 0.6) is 0 Å². The molecule has 0 saturated carbocycles. The number of carboxylic acid groups (broad SMARTS) is 1. The molecule has 0 spiro atoms. The summed E-state index contributed by atoms with van der Waals surface area (Å²) in [5, 5.41) is 9.08. The van der Waals surface area contributed by atoms with Crippen LogP contribution in [0.2, 0.25) is 0 Å². The van der Waals surface area contributed by atoms with E-state index in [1.807, 2.05) is 6.92 Å². The number of hydrogen-bond acceptors (Lipinski definition) is 4. The molecule has 0 rings (SSSR count). The fraction of sp³-hybridized carbons (Fsp3) is 0.778. The van der Waals surface area contributed by atoms with Crippen LogP contribution in [0.15, 0.2) is 4.99 Å². The van der Waals surface area contributed by atoms with Gasteiger partial charge < -0.3 is 16.6 Å². The largest absolute Gasteiger partial charge is 0.480 e. The number of rotatable bonds is 7. The fourth-order valence-corrected chi connectivity index (χ4v) is 1.20. The molecule has 5 N–H and O–H groups in total. The molecule has 15 heavy (non-hydrogen) atoms. The van der Waals surface area contributed by atoms with Gasteiger partial charge in [0.1, 0.15) is 11.9 Å². The number of carbonyl (C=O) groups is 1. The van der Waals surface area contributed by atoms with Gasteiger partial charge in [-0.3, -0.25) is 4.99 Å². The maximum atomic E-state index is 10.8. The van der Waals surface area contributed by atoms with Gasteiger partial charge in [-0.25, -0.2) is 4.79 Å². The van der Waals surface area contributed by atoms with Crippen LogP contribution < -0.4 is 11.5 Å². The Morgan fingerprint density at radius 2 is 2.13 bits per heavy atom. The Balaban J connectivity index is 4.23. The predicted molar refractivity (Wildman–Crippen MR) is 64.4 cm³/mol. The van der Waals surface area contributed by atoms with E-state index in [0.717, 1.165) is 6.42 Å². The van der Waals surface area contributed by atoms with Crippen molar-refractivity contribution in [2.24, 2.45) is 16.5 Å². The minimum absolute atomic E-state index is 0.0852. The van der Waals surface area contributed by atoms with Crippen LogP contribution in [-0.4, -0.2) is 34.7 Å². The van der Waals surface area contributed by atoms with Crippen molar-refractivity contribution < 1.29 is 9.90 Å². The minimum Gasteiger partial charge on any atom is -0.480 e. The number of amidine groups is 1. The molecule has 0 fully saturated rings. The number of hydrogen-bond donors (Lipinski definition) is 4. The zero-order valence-corrected chi connectivity index (χ0v) is 9.78. The molecule has 0 aliphatic heterocycles. The van der Waals surface area contributed by atoms with Crippen LogP contribution in [0, 0.1) is 0 Å². The third-order valence-corrected chi connectivity index (χ3v) is 2.68. The molecule has 0 aliphatic rings. The van der Waals surface area contributed by atoms with Gasteiger partial charge in [0.15, 0.2) is 0 Å². The summed E-state index contributed by atoms with van der Waals surface area (Å²) in [6.07, 6.45) is 2.06. The summed E-state index contributed by atoms with van der Waals surface area (Å²) < 4.78 is 0. The van der Waals surface area contributed by atoms with Gasteiger partial charge in [0, 0.05) is 5.25 Å². The molecule has 2 atom stereocenters. The topological polar surface area (TPSA) is 102 Å². The van der Waals surface area contributed by atoms with Gasteiger partial charge in [0.25, 0.3) is 0 Å². The maximum Gasteiger partial charge on any atom is 0.328 e. The molecule has 0 bridgehead atoms. The Kier molecular flexibility index (Phi) is 7.15. The van der Waals surface area contributed by atoms with E-state index in [1.54, 1.807) is 0 Å². The lowest BCUT2D eigenvalue weighted by atomic mass is 10.1. The molecule has 0 amide bonds. The van der Waals surface area contributed by atoms with Crippen LogP contribution in [0.3, 0.4) is 0 Å². The molecule has 0 radical (unpaired) electrons. The number of nitrogens with two attached hydrogens (primary N) is 2. The van der Waals surface area contributed by atoms with E-state index < -0.39 is 12.0 Å². The van der Waals surface area contributed by atoms with E-state index in [0.29, 0.717) is 12.8 Å². The maximum absolute atomic E-state index is 10.8. The second-order valence-electron chi connectivity index (χ2n) is 3.32. The van der Waals surface area contributed by atoms with Crippen molar-refractivity contribution in [1.82, 2.24) is 0 Å². The molecule has 0 aromatic rings. The molecule has 0 unspecified atom stereocenters. The summed E-state index contributed by atoms with van der Waals surface area (Å²) in [6.45, 7) is 2.09. The van der Waals surface area contributed by atoms with Crippen LogP contribution in [-0.2, 0) is 4.79 Å². The first-order valence-corrected chi connectivity index (χ1v) is 5.46. The SMILES string of the molecule is CC[C@H](S)CC[C@H](N=C(N)CN)C(=O)O. The van der Waals surface area contributed by atoms with E-state index in [9.17, 15) is 4.79 Å². The monoisotopic (exact) mass is 233 g/mol. The van der Waals surface area contributed by atoms with Gasteiger partial charge in [-0.15, -0.1) is 0 Å². The van der Waals surface area contributed by atoms with Gasteiger partial charge in [0.2, 0.25) is 0 Å². The second kappa shape index (κ2) is 7.53. The summed E-state index contributed by atoms with van der Waals surface area (Å²) in [5.74, 6) is -0.794. The normalized spacial score (nSPS) is 16.1. The van der Waals surface area contributed by atoms with E-state index >= 15 is 0 Å². The van der Waals surface area contributed by atoms with E-state index in [1.165, 1.54) is 0 Å². The van der Waals surface area contributed by atoms with E-state index in [2.05, 4.69) is 17.6 Å². The zero-order chi connectivity index (χ0) is 11.8. The molecule has 0 heterocycles. The lowest BCUT2D eigenvalue weighted by Gasteiger charge is -2.11. The molecule has 5 nitrogen and oxygen atoms in total. The van der Waals surface area contributed by atoms with E-state index in [4.69, 9.17) is 16.6 Å². The average Bonchev–Trinajstić information content (AvgIpc) is 2.22. The van der Waals surface area contributed by atoms with Crippen molar-refractivity contribution in [3.63, 3.8) is 0 Å². The average molecular weight is 233 g/mol. The number of aliphatic imine (C=N–C) groups is 1. The Labute approximate surface area is 95.3 Å². The summed E-state index contributed by atoms with van der Waals surface area (Å²) in [4.78, 5) is 14.7. The molecule has 88 valence electrons. The molecule has 6 heteroatoms. The van der Waals surface area contributed by atoms with Gasteiger partial charge in [-0.1, -0.05) is 6.92 Å². The van der Waals surface area contributed by atoms with Crippen LogP contribution in [0.4, 0.5) is 0 Å². The molecular formula is C9H19N3O2S. The van der Waals surface area contributed by atoms with Crippen molar-refractivity contribution in [2.45, 2.75) is 37.5 Å². The first-order chi connectivity index (χ1) is 7.01. The first-order valence-electron chi connectivity index (χ1n) is 4.94. The fourth-order valence-electron chi connectivity index (χ4n) is 1.05. The van der Waals surface area contributed by atoms with Crippen molar-refractivity contribution in [3.05, 3.63) is 0 Å². The van der Waals surface area contributed by atoms with Crippen molar-refractivity contribution in [3.8, 4) is 0 Å². The van der Waals surface area contributed by atoms with Gasteiger partial charge in [0.05, 0.1) is 6.54 Å². The van der Waals surface area contributed by atoms with E-state index in [-0.39, 0.29) is 17.6 Å². The lowest BCUT2D eigenvalue weighted by molar-refractivity contribution is -0.138. The third kappa shape index (κ3) is 6.35. The Hall–Kier alpha value is -0.750. The van der Waals surface area contributed by atoms with Crippen molar-refractivity contribution >= 4 is 24.4 Å². The molecule has 0 aromatic carbocycles. The first kappa shape index (κ1) is 14.2. The summed E-state index contributed by atoms with van der Waals surface area (Å²) in [6, 6.07) is -0.797. The standard InChI is InChI=1S/C9H19N3O2S/c1-2-6(15)3-4-7(9(13)14)12-8(11)5-10/h6-7,15H,2-5,10H2,1H3,(H2,11,12)(H,13,14)/t6-,7-/m0/s1. The van der Waals surface area contributed by atoms with Gasteiger partial charge in [-0.05, 0) is 19.3 Å². The summed E-state index contributed by atoms with van der Waals surface area (Å²) in [5.41, 5.74) is 10.6. The van der Waals surface area contributed by atoms with Crippen LogP contribution in [0.1, 0.15) is 26.2 Å². The Morgan fingerprint density at radius 1 is 1.53 bits per heavy atom. The van der Waals surface area contributed by atoms with Gasteiger partial charge >= 0.3 is 5.97 Å². The molecule has 0 aromatic heterocycles. The lowest BCUT2D eigenvalue weighted by Crippen LogP contribution is -2.28. The highest BCUT2D eigenvalue weighted by atomic mass is 32.1. The third-order valence-electron chi connectivity index (χ3n) is 2.06. The highest BCUT2D eigenvalue weighted by Crippen LogP contribution is 2.12. The Morgan fingerprint density at radius 3 is 2.53 bits per heavy atom. The number of carboxylic acids is 1. The number of nitrogens with zero attached hydrogens (tertiary/aromatic N) is 1. The van der Waals surface area contributed by atoms with Gasteiger partial charge in [-0.2, -0.15) is 12.6 Å². The van der Waals surface area contributed by atoms with Crippen LogP contribution in [0.25, 0.3) is 0 Å². The smallest absolute Gasteiger partial charge is 0.328 e. The highest BCUT2D eigenvalue weighted by Gasteiger charge is 2.17. The molecule has 0 aliphatic carbocycles. The van der Waals surface area contributed by atoms with Crippen LogP contribution >= 0.6 is 12.6 Å². The minimum atomic E-state index is -0.969. The van der Waals surface area contributed by atoms with Crippen molar-refractivity contribution in [2.75, 3.05) is 6.54 Å². The quantitative estimate of drug-likeness (QED) is 0.287. The number of thiol groups is 1. The second-order valence-corrected chi connectivity index (χ2v) is 4.05. The Bertz CT molecular complexity index is 233. The molecule has 0 saturated heterocycles. The van der Waals surface area contributed by atoms with Crippen molar-refractivity contribution in [1.29, 1.82) is 0 Å². The number of aliphatic carboxylic acids is 1. The highest BCUT2D eigenvalue weighted by molar-refractivity contribution is 7.80. The predicted octanol–water partition coefficient (Wildman–Crippen LogP) is 0.244. The summed E-state index contributed by atoms with van der Waals surface area (Å²) >= 11 is 4.29.